The smallest absolute Gasteiger partial charge is 0.337 e. The predicted molar refractivity (Wildman–Crippen MR) is 109 cm³/mol. The summed E-state index contributed by atoms with van der Waals surface area (Å²) < 4.78 is 55.3. The van der Waals surface area contributed by atoms with Crippen LogP contribution in [0.4, 0.5) is 0 Å². The van der Waals surface area contributed by atoms with Crippen LogP contribution >= 0.6 is 0 Å². The zero-order valence-electron chi connectivity index (χ0n) is 17.3. The second kappa shape index (κ2) is 10.2. The summed E-state index contributed by atoms with van der Waals surface area (Å²) >= 11 is 0. The molecule has 29 heavy (non-hydrogen) atoms. The number of sulfonamides is 1. The SMILES string of the molecule is CCCC(CCC)S(=O)(=O)CC(N)(C(N)=O)C(=O)OC1CCN(S(C)(=O)=O)CC1. The zero-order valence-corrected chi connectivity index (χ0v) is 18.9. The highest BCUT2D eigenvalue weighted by Gasteiger charge is 2.48. The second-order valence-electron chi connectivity index (χ2n) is 7.61. The van der Waals surface area contributed by atoms with Gasteiger partial charge in [0.15, 0.2) is 9.84 Å². The van der Waals surface area contributed by atoms with Crippen molar-refractivity contribution in [2.75, 3.05) is 25.1 Å². The number of nitrogens with zero attached hydrogens (tertiary/aromatic N) is 1. The number of carbonyl (C=O) groups excluding carboxylic acids is 2. The predicted octanol–water partition coefficient (Wildman–Crippen LogP) is -0.480. The van der Waals surface area contributed by atoms with E-state index in [0.29, 0.717) is 25.7 Å². The Morgan fingerprint density at radius 2 is 1.59 bits per heavy atom. The zero-order chi connectivity index (χ0) is 22.5. The molecule has 0 radical (unpaired) electrons. The van der Waals surface area contributed by atoms with Gasteiger partial charge in [0.1, 0.15) is 6.10 Å². The van der Waals surface area contributed by atoms with Gasteiger partial charge in [-0.3, -0.25) is 4.79 Å². The number of hydrogen-bond donors (Lipinski definition) is 2. The van der Waals surface area contributed by atoms with Crippen molar-refractivity contribution in [2.45, 2.75) is 69.3 Å². The molecule has 1 rings (SSSR count). The number of amides is 1. The first-order chi connectivity index (χ1) is 13.3. The molecule has 0 bridgehead atoms. The molecule has 0 aromatic rings. The third kappa shape index (κ3) is 6.90. The molecule has 0 aromatic carbocycles. The number of carbonyl (C=O) groups is 2. The van der Waals surface area contributed by atoms with E-state index >= 15 is 0 Å². The molecular formula is C17H33N3O7S2. The molecule has 1 aliphatic rings. The molecule has 4 N–H and O–H groups in total. The van der Waals surface area contributed by atoms with E-state index < -0.39 is 54.4 Å². The number of sulfone groups is 1. The molecule has 0 spiro atoms. The molecule has 0 saturated carbocycles. The standard InChI is InChI=1S/C17H33N3O7S2/c1-4-6-14(7-5-2)29(25,26)12-17(19,15(18)21)16(22)27-13-8-10-20(11-9-13)28(3,23)24/h13-14H,4-12,19H2,1-3H3,(H2,18,21). The first kappa shape index (κ1) is 25.8. The number of piperidine rings is 1. The Bertz CT molecular complexity index is 784. The van der Waals surface area contributed by atoms with Gasteiger partial charge >= 0.3 is 5.97 Å². The van der Waals surface area contributed by atoms with Gasteiger partial charge in [0, 0.05) is 13.1 Å². The van der Waals surface area contributed by atoms with E-state index in [-0.39, 0.29) is 25.9 Å². The Hall–Kier alpha value is -1.24. The minimum atomic E-state index is -3.88. The minimum absolute atomic E-state index is 0.151. The maximum absolute atomic E-state index is 12.8. The highest BCUT2D eigenvalue weighted by Crippen LogP contribution is 2.22. The minimum Gasteiger partial charge on any atom is -0.460 e. The molecule has 1 amide bonds. The summed E-state index contributed by atoms with van der Waals surface area (Å²) in [5, 5.41) is -0.717. The van der Waals surface area contributed by atoms with Crippen LogP contribution in [0.1, 0.15) is 52.4 Å². The fraction of sp³-hybridized carbons (Fsp3) is 0.882. The van der Waals surface area contributed by atoms with Crippen LogP contribution < -0.4 is 11.5 Å². The van der Waals surface area contributed by atoms with Gasteiger partial charge in [-0.1, -0.05) is 26.7 Å². The molecular weight excluding hydrogens is 422 g/mol. The summed E-state index contributed by atoms with van der Waals surface area (Å²) in [4.78, 5) is 24.6. The van der Waals surface area contributed by atoms with E-state index in [4.69, 9.17) is 16.2 Å². The number of nitrogens with two attached hydrogens (primary N) is 2. The average molecular weight is 456 g/mol. The summed E-state index contributed by atoms with van der Waals surface area (Å²) in [6.07, 6.45) is 2.89. The molecule has 1 saturated heterocycles. The van der Waals surface area contributed by atoms with Crippen LogP contribution in [0.3, 0.4) is 0 Å². The number of ether oxygens (including phenoxy) is 1. The van der Waals surface area contributed by atoms with Crippen molar-refractivity contribution in [3.8, 4) is 0 Å². The van der Waals surface area contributed by atoms with E-state index in [1.165, 1.54) is 4.31 Å². The van der Waals surface area contributed by atoms with Crippen molar-refractivity contribution in [1.82, 2.24) is 4.31 Å². The maximum atomic E-state index is 12.8. The fourth-order valence-corrected chi connectivity index (χ4v) is 6.55. The first-order valence-corrected chi connectivity index (χ1v) is 13.3. The van der Waals surface area contributed by atoms with Gasteiger partial charge in [0.05, 0.1) is 17.3 Å². The summed E-state index contributed by atoms with van der Waals surface area (Å²) in [6.45, 7) is 3.99. The molecule has 1 atom stereocenters. The van der Waals surface area contributed by atoms with E-state index in [1.54, 1.807) is 0 Å². The number of esters is 1. The second-order valence-corrected chi connectivity index (χ2v) is 11.9. The molecule has 1 aliphatic heterocycles. The van der Waals surface area contributed by atoms with Crippen molar-refractivity contribution < 1.29 is 31.2 Å². The van der Waals surface area contributed by atoms with Crippen molar-refractivity contribution in [3.63, 3.8) is 0 Å². The number of primary amides is 1. The van der Waals surface area contributed by atoms with Crippen LogP contribution in [0.25, 0.3) is 0 Å². The first-order valence-electron chi connectivity index (χ1n) is 9.74. The van der Waals surface area contributed by atoms with Crippen molar-refractivity contribution in [2.24, 2.45) is 11.5 Å². The van der Waals surface area contributed by atoms with E-state index in [9.17, 15) is 26.4 Å². The van der Waals surface area contributed by atoms with E-state index in [2.05, 4.69) is 0 Å². The molecule has 0 aliphatic carbocycles. The average Bonchev–Trinajstić information content (AvgIpc) is 2.60. The molecule has 170 valence electrons. The molecule has 1 unspecified atom stereocenters. The van der Waals surface area contributed by atoms with Gasteiger partial charge in [0.2, 0.25) is 21.5 Å². The van der Waals surface area contributed by atoms with Crippen LogP contribution in [0.5, 0.6) is 0 Å². The topological polar surface area (TPSA) is 167 Å². The van der Waals surface area contributed by atoms with Gasteiger partial charge in [-0.15, -0.1) is 0 Å². The largest absolute Gasteiger partial charge is 0.460 e. The van der Waals surface area contributed by atoms with Gasteiger partial charge in [-0.25, -0.2) is 25.9 Å². The van der Waals surface area contributed by atoms with Crippen LogP contribution in [-0.2, 0) is 34.2 Å². The van der Waals surface area contributed by atoms with Crippen LogP contribution in [0.15, 0.2) is 0 Å². The van der Waals surface area contributed by atoms with Crippen molar-refractivity contribution >= 4 is 31.7 Å². The number of hydrogen-bond acceptors (Lipinski definition) is 8. The van der Waals surface area contributed by atoms with Gasteiger partial charge in [-0.05, 0) is 25.7 Å². The third-order valence-electron chi connectivity index (χ3n) is 5.11. The summed E-state index contributed by atoms with van der Waals surface area (Å²) in [6, 6.07) is 0. The lowest BCUT2D eigenvalue weighted by Gasteiger charge is -2.32. The molecule has 10 nitrogen and oxygen atoms in total. The normalized spacial score (nSPS) is 19.1. The van der Waals surface area contributed by atoms with Gasteiger partial charge < -0.3 is 16.2 Å². The van der Waals surface area contributed by atoms with Crippen molar-refractivity contribution in [3.05, 3.63) is 0 Å². The van der Waals surface area contributed by atoms with Crippen molar-refractivity contribution in [1.29, 1.82) is 0 Å². The summed E-state index contributed by atoms with van der Waals surface area (Å²) in [5.41, 5.74) is 8.68. The third-order valence-corrected chi connectivity index (χ3v) is 8.75. The Morgan fingerprint density at radius 1 is 1.10 bits per heavy atom. The highest BCUT2D eigenvalue weighted by atomic mass is 32.2. The van der Waals surface area contributed by atoms with Crippen LogP contribution in [0, 0.1) is 0 Å². The van der Waals surface area contributed by atoms with Crippen LogP contribution in [0.2, 0.25) is 0 Å². The molecule has 12 heteroatoms. The van der Waals surface area contributed by atoms with E-state index in [0.717, 1.165) is 6.26 Å². The Balaban J connectivity index is 2.92. The Morgan fingerprint density at radius 3 is 1.97 bits per heavy atom. The Labute approximate surface area is 173 Å². The number of rotatable bonds is 11. The monoisotopic (exact) mass is 455 g/mol. The summed E-state index contributed by atoms with van der Waals surface area (Å²) in [5.74, 6) is -3.38. The molecule has 1 fully saturated rings. The quantitative estimate of drug-likeness (QED) is 0.311. The summed E-state index contributed by atoms with van der Waals surface area (Å²) in [7, 11) is -7.23. The lowest BCUT2D eigenvalue weighted by Crippen LogP contribution is -2.64. The van der Waals surface area contributed by atoms with E-state index in [1.807, 2.05) is 13.8 Å². The van der Waals surface area contributed by atoms with Gasteiger partial charge in [0.25, 0.3) is 0 Å². The van der Waals surface area contributed by atoms with Gasteiger partial charge in [-0.2, -0.15) is 0 Å². The highest BCUT2D eigenvalue weighted by molar-refractivity contribution is 7.92. The lowest BCUT2D eigenvalue weighted by atomic mass is 10.0. The molecule has 1 heterocycles. The Kier molecular flexibility index (Phi) is 9.06. The fourth-order valence-electron chi connectivity index (χ4n) is 3.35. The maximum Gasteiger partial charge on any atom is 0.337 e. The lowest BCUT2D eigenvalue weighted by molar-refractivity contribution is -0.159. The molecule has 0 aromatic heterocycles. The van der Waals surface area contributed by atoms with Crippen LogP contribution in [-0.4, -0.2) is 75.0 Å².